The van der Waals surface area contributed by atoms with Gasteiger partial charge in [-0.15, -0.1) is 0 Å². The van der Waals surface area contributed by atoms with Crippen molar-refractivity contribution in [3.63, 3.8) is 0 Å². The number of carbonyl (C=O) groups is 1. The quantitative estimate of drug-likeness (QED) is 0.877. The lowest BCUT2D eigenvalue weighted by Crippen LogP contribution is -2.06. The highest BCUT2D eigenvalue weighted by Crippen LogP contribution is 2.31. The van der Waals surface area contributed by atoms with Gasteiger partial charge in [0.05, 0.1) is 29.6 Å². The molecule has 0 fully saturated rings. The van der Waals surface area contributed by atoms with E-state index in [0.717, 1.165) is 0 Å². The van der Waals surface area contributed by atoms with Gasteiger partial charge in [-0.2, -0.15) is 0 Å². The number of pyridine rings is 1. The predicted octanol–water partition coefficient (Wildman–Crippen LogP) is 3.55. The monoisotopic (exact) mass is 312 g/mol. The number of ether oxygens (including phenoxy) is 2. The predicted molar refractivity (Wildman–Crippen MR) is 76.5 cm³/mol. The molecular formula is C13H10Cl2N2O3. The summed E-state index contributed by atoms with van der Waals surface area (Å²) in [5.41, 5.74) is 6.01. The van der Waals surface area contributed by atoms with E-state index >= 15 is 0 Å². The first-order valence-electron chi connectivity index (χ1n) is 5.48. The molecule has 20 heavy (non-hydrogen) atoms. The molecular weight excluding hydrogens is 303 g/mol. The molecule has 0 radical (unpaired) electrons. The third-order valence-electron chi connectivity index (χ3n) is 2.42. The number of esters is 1. The van der Waals surface area contributed by atoms with E-state index in [1.807, 2.05) is 0 Å². The molecule has 0 aliphatic carbocycles. The molecule has 2 aromatic rings. The highest BCUT2D eigenvalue weighted by Gasteiger charge is 2.13. The zero-order valence-corrected chi connectivity index (χ0v) is 11.9. The molecule has 0 saturated carbocycles. The Kier molecular flexibility index (Phi) is 4.32. The van der Waals surface area contributed by atoms with Crippen LogP contribution < -0.4 is 10.5 Å². The second kappa shape index (κ2) is 5.98. The zero-order chi connectivity index (χ0) is 14.7. The van der Waals surface area contributed by atoms with Gasteiger partial charge >= 0.3 is 5.97 Å². The van der Waals surface area contributed by atoms with Crippen molar-refractivity contribution in [3.05, 3.63) is 46.1 Å². The average molecular weight is 313 g/mol. The molecule has 0 atom stereocenters. The van der Waals surface area contributed by atoms with E-state index in [1.165, 1.54) is 19.4 Å². The molecule has 0 aliphatic rings. The van der Waals surface area contributed by atoms with Gasteiger partial charge in [-0.3, -0.25) is 0 Å². The molecule has 0 amide bonds. The van der Waals surface area contributed by atoms with E-state index in [2.05, 4.69) is 9.72 Å². The van der Waals surface area contributed by atoms with Gasteiger partial charge in [0, 0.05) is 17.2 Å². The Labute approximate surface area is 125 Å². The Bertz CT molecular complexity index is 662. The van der Waals surface area contributed by atoms with Crippen LogP contribution in [0.25, 0.3) is 0 Å². The molecule has 2 N–H and O–H groups in total. The Morgan fingerprint density at radius 3 is 2.75 bits per heavy atom. The molecule has 104 valence electrons. The van der Waals surface area contributed by atoms with Crippen molar-refractivity contribution in [2.45, 2.75) is 0 Å². The van der Waals surface area contributed by atoms with Gasteiger partial charge in [0.25, 0.3) is 0 Å². The number of nitrogens with zero attached hydrogens (tertiary/aromatic N) is 1. The first-order chi connectivity index (χ1) is 9.51. The molecule has 0 bridgehead atoms. The fraction of sp³-hybridized carbons (Fsp3) is 0.0769. The van der Waals surface area contributed by atoms with Crippen LogP contribution in [0.4, 0.5) is 5.69 Å². The lowest BCUT2D eigenvalue weighted by atomic mass is 10.2. The Hall–Kier alpha value is -1.98. The summed E-state index contributed by atoms with van der Waals surface area (Å²) in [6, 6.07) is 6.14. The molecule has 1 aromatic carbocycles. The number of aromatic nitrogens is 1. The SMILES string of the molecule is COC(=O)c1cc(Oc2cc(Cl)ccc2Cl)ncc1N. The highest BCUT2D eigenvalue weighted by molar-refractivity contribution is 6.34. The van der Waals surface area contributed by atoms with Gasteiger partial charge in [-0.05, 0) is 12.1 Å². The lowest BCUT2D eigenvalue weighted by Gasteiger charge is -2.09. The van der Waals surface area contributed by atoms with E-state index < -0.39 is 5.97 Å². The van der Waals surface area contributed by atoms with Crippen molar-refractivity contribution in [1.82, 2.24) is 4.98 Å². The minimum absolute atomic E-state index is 0.156. The topological polar surface area (TPSA) is 74.4 Å². The largest absolute Gasteiger partial charge is 0.465 e. The van der Waals surface area contributed by atoms with Crippen molar-refractivity contribution in [2.24, 2.45) is 0 Å². The van der Waals surface area contributed by atoms with Crippen molar-refractivity contribution >= 4 is 34.9 Å². The van der Waals surface area contributed by atoms with Gasteiger partial charge in [-0.25, -0.2) is 9.78 Å². The Balaban J connectivity index is 2.34. The number of carbonyl (C=O) groups excluding carboxylic acids is 1. The van der Waals surface area contributed by atoms with Crippen LogP contribution >= 0.6 is 23.2 Å². The lowest BCUT2D eigenvalue weighted by molar-refractivity contribution is 0.0601. The van der Waals surface area contributed by atoms with Gasteiger partial charge < -0.3 is 15.2 Å². The average Bonchev–Trinajstić information content (AvgIpc) is 2.44. The van der Waals surface area contributed by atoms with E-state index in [1.54, 1.807) is 18.2 Å². The third-order valence-corrected chi connectivity index (χ3v) is 2.97. The highest BCUT2D eigenvalue weighted by atomic mass is 35.5. The number of benzene rings is 1. The van der Waals surface area contributed by atoms with Gasteiger partial charge in [0.1, 0.15) is 5.75 Å². The van der Waals surface area contributed by atoms with E-state index in [4.69, 9.17) is 33.7 Å². The second-order valence-electron chi connectivity index (χ2n) is 3.78. The van der Waals surface area contributed by atoms with Crippen LogP contribution in [-0.4, -0.2) is 18.1 Å². The number of anilines is 1. The van der Waals surface area contributed by atoms with Gasteiger partial charge in [0.2, 0.25) is 5.88 Å². The summed E-state index contributed by atoms with van der Waals surface area (Å²) in [5.74, 6) is -0.0945. The summed E-state index contributed by atoms with van der Waals surface area (Å²) in [7, 11) is 1.26. The number of rotatable bonds is 3. The molecule has 0 aliphatic heterocycles. The van der Waals surface area contributed by atoms with Crippen LogP contribution in [0.2, 0.25) is 10.0 Å². The van der Waals surface area contributed by atoms with Crippen molar-refractivity contribution < 1.29 is 14.3 Å². The van der Waals surface area contributed by atoms with E-state index in [0.29, 0.717) is 15.8 Å². The van der Waals surface area contributed by atoms with Gasteiger partial charge in [-0.1, -0.05) is 23.2 Å². The van der Waals surface area contributed by atoms with Crippen LogP contribution in [0, 0.1) is 0 Å². The Morgan fingerprint density at radius 1 is 1.30 bits per heavy atom. The summed E-state index contributed by atoms with van der Waals surface area (Å²) in [6.45, 7) is 0. The van der Waals surface area contributed by atoms with E-state index in [9.17, 15) is 4.79 Å². The first kappa shape index (κ1) is 14.4. The van der Waals surface area contributed by atoms with Crippen molar-refractivity contribution in [2.75, 3.05) is 12.8 Å². The molecule has 7 heteroatoms. The number of halogens is 2. The maximum atomic E-state index is 11.5. The second-order valence-corrected chi connectivity index (χ2v) is 4.62. The summed E-state index contributed by atoms with van der Waals surface area (Å²) in [6.07, 6.45) is 1.31. The molecule has 5 nitrogen and oxygen atoms in total. The summed E-state index contributed by atoms with van der Waals surface area (Å²) >= 11 is 11.8. The standard InChI is InChI=1S/C13H10Cl2N2O3/c1-19-13(18)8-5-12(17-6-10(8)16)20-11-4-7(14)2-3-9(11)15/h2-6H,16H2,1H3. The van der Waals surface area contributed by atoms with Crippen molar-refractivity contribution in [1.29, 1.82) is 0 Å². The van der Waals surface area contributed by atoms with Crippen LogP contribution in [0.1, 0.15) is 10.4 Å². The summed E-state index contributed by atoms with van der Waals surface area (Å²) in [4.78, 5) is 15.5. The molecule has 0 spiro atoms. The maximum Gasteiger partial charge on any atom is 0.340 e. The smallest absolute Gasteiger partial charge is 0.340 e. The first-order valence-corrected chi connectivity index (χ1v) is 6.23. The fourth-order valence-electron chi connectivity index (χ4n) is 1.46. The van der Waals surface area contributed by atoms with Crippen molar-refractivity contribution in [3.8, 4) is 11.6 Å². The van der Waals surface area contributed by atoms with Crippen LogP contribution in [0.15, 0.2) is 30.5 Å². The van der Waals surface area contributed by atoms with Crippen LogP contribution in [0.3, 0.4) is 0 Å². The molecule has 1 heterocycles. The Morgan fingerprint density at radius 2 is 2.05 bits per heavy atom. The summed E-state index contributed by atoms with van der Waals surface area (Å²) < 4.78 is 10.1. The fourth-order valence-corrected chi connectivity index (χ4v) is 1.78. The normalized spacial score (nSPS) is 10.2. The molecule has 0 saturated heterocycles. The zero-order valence-electron chi connectivity index (χ0n) is 10.4. The minimum atomic E-state index is -0.577. The number of nitrogen functional groups attached to an aromatic ring is 1. The number of nitrogens with two attached hydrogens (primary N) is 1. The molecule has 0 unspecified atom stereocenters. The number of methoxy groups -OCH3 is 1. The maximum absolute atomic E-state index is 11.5. The summed E-state index contributed by atoms with van der Waals surface area (Å²) in [5, 5.41) is 0.834. The number of hydrogen-bond acceptors (Lipinski definition) is 5. The molecule has 2 rings (SSSR count). The van der Waals surface area contributed by atoms with E-state index in [-0.39, 0.29) is 17.1 Å². The number of hydrogen-bond donors (Lipinski definition) is 1. The molecule has 1 aromatic heterocycles. The third kappa shape index (κ3) is 3.12. The van der Waals surface area contributed by atoms with Gasteiger partial charge in [0.15, 0.2) is 0 Å². The van der Waals surface area contributed by atoms with Crippen LogP contribution in [0.5, 0.6) is 11.6 Å². The minimum Gasteiger partial charge on any atom is -0.465 e. The van der Waals surface area contributed by atoms with Crippen LogP contribution in [-0.2, 0) is 4.74 Å².